The van der Waals surface area contributed by atoms with Crippen LogP contribution in [0.3, 0.4) is 0 Å². The van der Waals surface area contributed by atoms with Crippen molar-refractivity contribution in [1.29, 1.82) is 0 Å². The van der Waals surface area contributed by atoms with Gasteiger partial charge in [-0.05, 0) is 12.8 Å². The van der Waals surface area contributed by atoms with E-state index in [4.69, 9.17) is 0 Å². The van der Waals surface area contributed by atoms with Crippen LogP contribution in [0.2, 0.25) is 0 Å². The summed E-state index contributed by atoms with van der Waals surface area (Å²) >= 11 is 1.70. The van der Waals surface area contributed by atoms with Gasteiger partial charge in [-0.25, -0.2) is 4.98 Å². The van der Waals surface area contributed by atoms with Crippen LogP contribution in [0.4, 0.5) is 0 Å². The van der Waals surface area contributed by atoms with Gasteiger partial charge >= 0.3 is 0 Å². The van der Waals surface area contributed by atoms with Gasteiger partial charge in [0.15, 0.2) is 5.51 Å². The molecule has 2 nitrogen and oxygen atoms in total. The van der Waals surface area contributed by atoms with E-state index in [2.05, 4.69) is 15.4 Å². The number of thiazole rings is 1. The molecule has 3 heteroatoms. The Morgan fingerprint density at radius 3 is 3.25 bits per heavy atom. The molecule has 1 radical (unpaired) electrons. The van der Waals surface area contributed by atoms with E-state index in [0.717, 1.165) is 19.0 Å². The Bertz CT molecular complexity index is 290. The number of fused-ring (bicyclic) bond motifs is 1. The maximum atomic E-state index is 4.24. The van der Waals surface area contributed by atoms with E-state index in [1.54, 1.807) is 11.3 Å². The fourth-order valence-corrected chi connectivity index (χ4v) is 2.60. The highest BCUT2D eigenvalue weighted by Crippen LogP contribution is 2.32. The van der Waals surface area contributed by atoms with Crippen LogP contribution in [0.1, 0.15) is 23.4 Å². The zero-order chi connectivity index (χ0) is 7.97. The first-order valence-corrected chi connectivity index (χ1v) is 5.34. The van der Waals surface area contributed by atoms with Gasteiger partial charge in [0.1, 0.15) is 0 Å². The van der Waals surface area contributed by atoms with Gasteiger partial charge in [-0.3, -0.25) is 4.90 Å². The third kappa shape index (κ3) is 1.08. The summed E-state index contributed by atoms with van der Waals surface area (Å²) < 4.78 is 0. The van der Waals surface area contributed by atoms with Crippen LogP contribution in [-0.4, -0.2) is 22.5 Å². The summed E-state index contributed by atoms with van der Waals surface area (Å²) in [4.78, 5) is 8.28. The van der Waals surface area contributed by atoms with Gasteiger partial charge < -0.3 is 0 Å². The average molecular weight is 179 g/mol. The molecule has 1 saturated carbocycles. The van der Waals surface area contributed by atoms with E-state index in [9.17, 15) is 0 Å². The summed E-state index contributed by atoms with van der Waals surface area (Å²) in [5.74, 6) is 0. The van der Waals surface area contributed by atoms with Crippen molar-refractivity contribution in [2.75, 3.05) is 6.54 Å². The Kier molecular flexibility index (Phi) is 1.49. The molecule has 0 saturated heterocycles. The van der Waals surface area contributed by atoms with E-state index in [1.807, 2.05) is 0 Å². The van der Waals surface area contributed by atoms with Crippen molar-refractivity contribution in [3.8, 4) is 0 Å². The molecule has 0 amide bonds. The maximum absolute atomic E-state index is 4.24. The van der Waals surface area contributed by atoms with Gasteiger partial charge in [0.25, 0.3) is 0 Å². The second kappa shape index (κ2) is 2.54. The molecule has 1 aromatic rings. The molecular formula is C9H11N2S. The lowest BCUT2D eigenvalue weighted by atomic mass is 10.2. The van der Waals surface area contributed by atoms with Crippen molar-refractivity contribution >= 4 is 11.3 Å². The largest absolute Gasteiger partial charge is 0.295 e. The molecule has 63 valence electrons. The summed E-state index contributed by atoms with van der Waals surface area (Å²) in [6.45, 7) is 2.36. The third-order valence-electron chi connectivity index (χ3n) is 2.72. The highest BCUT2D eigenvalue weighted by molar-refractivity contribution is 7.09. The molecule has 1 aliphatic carbocycles. The Hall–Kier alpha value is -0.410. The predicted molar refractivity (Wildman–Crippen MR) is 48.1 cm³/mol. The van der Waals surface area contributed by atoms with Crippen molar-refractivity contribution < 1.29 is 0 Å². The molecular weight excluding hydrogens is 168 g/mol. The molecule has 12 heavy (non-hydrogen) atoms. The van der Waals surface area contributed by atoms with Gasteiger partial charge in [0, 0.05) is 30.4 Å². The lowest BCUT2D eigenvalue weighted by molar-refractivity contribution is 0.245. The summed E-state index contributed by atoms with van der Waals surface area (Å²) in [6, 6.07) is 0.903. The zero-order valence-electron chi connectivity index (χ0n) is 6.92. The molecule has 1 aromatic heterocycles. The summed E-state index contributed by atoms with van der Waals surface area (Å²) in [6.07, 6.45) is 3.97. The Morgan fingerprint density at radius 1 is 1.50 bits per heavy atom. The van der Waals surface area contributed by atoms with E-state index >= 15 is 0 Å². The Balaban J connectivity index is 1.83. The van der Waals surface area contributed by atoms with Crippen molar-refractivity contribution in [3.63, 3.8) is 0 Å². The Labute approximate surface area is 76.2 Å². The van der Waals surface area contributed by atoms with Gasteiger partial charge in [0.2, 0.25) is 0 Å². The maximum Gasteiger partial charge on any atom is 0.152 e. The smallest absolute Gasteiger partial charge is 0.152 e. The van der Waals surface area contributed by atoms with Crippen molar-refractivity contribution in [3.05, 3.63) is 16.1 Å². The number of aromatic nitrogens is 1. The molecule has 0 atom stereocenters. The first-order valence-electron chi connectivity index (χ1n) is 4.52. The molecule has 2 aliphatic rings. The minimum absolute atomic E-state index is 0.903. The van der Waals surface area contributed by atoms with Gasteiger partial charge in [-0.1, -0.05) is 0 Å². The number of nitrogens with zero attached hydrogens (tertiary/aromatic N) is 2. The molecule has 1 fully saturated rings. The first-order chi connectivity index (χ1) is 5.93. The lowest BCUT2D eigenvalue weighted by Crippen LogP contribution is -2.31. The van der Waals surface area contributed by atoms with E-state index < -0.39 is 0 Å². The summed E-state index contributed by atoms with van der Waals surface area (Å²) in [5.41, 5.74) is 4.29. The number of hydrogen-bond donors (Lipinski definition) is 0. The van der Waals surface area contributed by atoms with Crippen LogP contribution in [0.15, 0.2) is 0 Å². The normalized spacial score (nSPS) is 24.0. The quantitative estimate of drug-likeness (QED) is 0.649. The molecule has 1 aliphatic heterocycles. The highest BCUT2D eigenvalue weighted by atomic mass is 32.1. The number of rotatable bonds is 1. The predicted octanol–water partition coefficient (Wildman–Crippen LogP) is 1.46. The van der Waals surface area contributed by atoms with Crippen LogP contribution < -0.4 is 0 Å². The van der Waals surface area contributed by atoms with Gasteiger partial charge in [-0.15, -0.1) is 11.3 Å². The standard InChI is InChI=1S/C9H11N2S/c1-2-7(1)11-4-3-8-9(5-11)12-6-10-8/h7H,1-5H2. The SMILES string of the molecule is [c]1nc2c(s1)CN(C1CC1)CC2. The molecule has 0 N–H and O–H groups in total. The molecule has 2 heterocycles. The van der Waals surface area contributed by atoms with Crippen LogP contribution in [0, 0.1) is 5.51 Å². The minimum Gasteiger partial charge on any atom is -0.295 e. The van der Waals surface area contributed by atoms with Crippen LogP contribution >= 0.6 is 11.3 Å². The third-order valence-corrected chi connectivity index (χ3v) is 3.51. The number of hydrogen-bond acceptors (Lipinski definition) is 3. The van der Waals surface area contributed by atoms with Crippen molar-refractivity contribution in [1.82, 2.24) is 9.88 Å². The van der Waals surface area contributed by atoms with Crippen molar-refractivity contribution in [2.24, 2.45) is 0 Å². The van der Waals surface area contributed by atoms with E-state index in [-0.39, 0.29) is 0 Å². The molecule has 3 rings (SSSR count). The lowest BCUT2D eigenvalue weighted by Gasteiger charge is -2.25. The van der Waals surface area contributed by atoms with Gasteiger partial charge in [0.05, 0.1) is 5.69 Å². The second-order valence-corrected chi connectivity index (χ2v) is 4.51. The van der Waals surface area contributed by atoms with Crippen molar-refractivity contribution in [2.45, 2.75) is 31.8 Å². The fourth-order valence-electron chi connectivity index (χ4n) is 1.84. The molecule has 0 unspecified atom stereocenters. The Morgan fingerprint density at radius 2 is 2.42 bits per heavy atom. The van der Waals surface area contributed by atoms with Crippen LogP contribution in [-0.2, 0) is 13.0 Å². The van der Waals surface area contributed by atoms with Gasteiger partial charge in [-0.2, -0.15) is 0 Å². The average Bonchev–Trinajstić information content (AvgIpc) is 2.84. The minimum atomic E-state index is 0.903. The topological polar surface area (TPSA) is 16.1 Å². The molecule has 0 spiro atoms. The van der Waals surface area contributed by atoms with E-state index in [0.29, 0.717) is 0 Å². The molecule has 0 bridgehead atoms. The van der Waals surface area contributed by atoms with Crippen LogP contribution in [0.25, 0.3) is 0 Å². The van der Waals surface area contributed by atoms with E-state index in [1.165, 1.54) is 30.0 Å². The first kappa shape index (κ1) is 7.04. The summed E-state index contributed by atoms with van der Waals surface area (Å²) in [7, 11) is 0. The highest BCUT2D eigenvalue weighted by Gasteiger charge is 2.31. The fraction of sp³-hybridized carbons (Fsp3) is 0.667. The zero-order valence-corrected chi connectivity index (χ0v) is 7.73. The summed E-state index contributed by atoms with van der Waals surface area (Å²) in [5, 5.41) is 0. The molecule has 0 aromatic carbocycles. The van der Waals surface area contributed by atoms with Crippen LogP contribution in [0.5, 0.6) is 0 Å². The second-order valence-electron chi connectivity index (χ2n) is 3.63. The monoisotopic (exact) mass is 179 g/mol.